The number of ether oxygens (including phenoxy) is 3. The first-order valence-corrected chi connectivity index (χ1v) is 9.65. The minimum Gasteiger partial charge on any atom is -0.484 e. The van der Waals surface area contributed by atoms with Crippen LogP contribution in [0.5, 0.6) is 11.5 Å². The summed E-state index contributed by atoms with van der Waals surface area (Å²) < 4.78 is 15.9. The number of nitrogens with one attached hydrogen (secondary N) is 2. The van der Waals surface area contributed by atoms with Crippen molar-refractivity contribution in [1.82, 2.24) is 10.9 Å². The Kier molecular flexibility index (Phi) is 8.68. The van der Waals surface area contributed by atoms with Gasteiger partial charge in [-0.05, 0) is 56.7 Å². The van der Waals surface area contributed by atoms with Crippen LogP contribution in [0.1, 0.15) is 36.2 Å². The van der Waals surface area contributed by atoms with E-state index in [1.165, 1.54) is 0 Å². The summed E-state index contributed by atoms with van der Waals surface area (Å²) in [6.07, 6.45) is -0.317. The molecular formula is C22H26N2O6. The Morgan fingerprint density at radius 3 is 2.13 bits per heavy atom. The van der Waals surface area contributed by atoms with Gasteiger partial charge in [0, 0.05) is 0 Å². The Labute approximate surface area is 175 Å². The van der Waals surface area contributed by atoms with Gasteiger partial charge in [0.25, 0.3) is 11.8 Å². The number of hydrogen-bond acceptors (Lipinski definition) is 6. The maximum absolute atomic E-state index is 12.2. The van der Waals surface area contributed by atoms with Crippen molar-refractivity contribution < 1.29 is 28.6 Å². The van der Waals surface area contributed by atoms with E-state index in [9.17, 15) is 14.4 Å². The number of rotatable bonds is 9. The van der Waals surface area contributed by atoms with Gasteiger partial charge in [0.05, 0.1) is 12.2 Å². The van der Waals surface area contributed by atoms with Crippen molar-refractivity contribution in [2.24, 2.45) is 0 Å². The quantitative estimate of drug-likeness (QED) is 0.483. The monoisotopic (exact) mass is 414 g/mol. The van der Waals surface area contributed by atoms with Crippen LogP contribution >= 0.6 is 0 Å². The molecule has 0 aromatic heterocycles. The summed E-state index contributed by atoms with van der Waals surface area (Å²) in [5, 5.41) is 0. The van der Waals surface area contributed by atoms with Gasteiger partial charge in [-0.25, -0.2) is 4.79 Å². The third-order valence-electron chi connectivity index (χ3n) is 4.02. The Bertz CT molecular complexity index is 849. The van der Waals surface area contributed by atoms with Crippen LogP contribution in [-0.4, -0.2) is 37.1 Å². The van der Waals surface area contributed by atoms with E-state index in [2.05, 4.69) is 10.9 Å². The maximum atomic E-state index is 12.2. The molecule has 2 N–H and O–H groups in total. The molecule has 2 aromatic carbocycles. The average molecular weight is 414 g/mol. The lowest BCUT2D eigenvalue weighted by Gasteiger charge is -2.17. The van der Waals surface area contributed by atoms with Gasteiger partial charge in [-0.15, -0.1) is 0 Å². The first-order valence-electron chi connectivity index (χ1n) is 9.65. The molecular weight excluding hydrogens is 388 g/mol. The maximum Gasteiger partial charge on any atom is 0.338 e. The first kappa shape index (κ1) is 22.7. The molecule has 0 spiro atoms. The van der Waals surface area contributed by atoms with Crippen molar-refractivity contribution in [1.29, 1.82) is 0 Å². The fourth-order valence-corrected chi connectivity index (χ4v) is 2.40. The Morgan fingerprint density at radius 1 is 0.900 bits per heavy atom. The van der Waals surface area contributed by atoms with E-state index >= 15 is 0 Å². The van der Waals surface area contributed by atoms with E-state index in [0.717, 1.165) is 5.56 Å². The molecule has 0 aliphatic rings. The minimum atomic E-state index is -0.746. The highest BCUT2D eigenvalue weighted by Gasteiger charge is 2.19. The predicted octanol–water partition coefficient (Wildman–Crippen LogP) is 2.56. The van der Waals surface area contributed by atoms with Gasteiger partial charge in [0.1, 0.15) is 11.5 Å². The van der Waals surface area contributed by atoms with E-state index in [0.29, 0.717) is 23.5 Å². The van der Waals surface area contributed by atoms with Crippen molar-refractivity contribution in [3.05, 3.63) is 59.7 Å². The molecule has 0 saturated heterocycles. The number of hydrogen-bond donors (Lipinski definition) is 2. The normalized spacial score (nSPS) is 11.2. The third-order valence-corrected chi connectivity index (χ3v) is 4.02. The van der Waals surface area contributed by atoms with Crippen molar-refractivity contribution in [2.75, 3.05) is 13.2 Å². The number of esters is 1. The number of carbonyl (C=O) groups excluding carboxylic acids is 3. The molecule has 0 heterocycles. The molecule has 0 aliphatic carbocycles. The Hall–Kier alpha value is -3.55. The third kappa shape index (κ3) is 7.12. The molecule has 0 saturated carbocycles. The molecule has 2 aromatic rings. The van der Waals surface area contributed by atoms with Crippen LogP contribution in [0.2, 0.25) is 0 Å². The minimum absolute atomic E-state index is 0.290. The zero-order chi connectivity index (χ0) is 21.9. The second kappa shape index (κ2) is 11.5. The highest BCUT2D eigenvalue weighted by atomic mass is 16.5. The van der Waals surface area contributed by atoms with Crippen molar-refractivity contribution in [2.45, 2.75) is 33.3 Å². The number of benzene rings is 2. The molecule has 160 valence electrons. The van der Waals surface area contributed by atoms with Crippen LogP contribution in [0, 0.1) is 6.92 Å². The van der Waals surface area contributed by atoms with E-state index in [4.69, 9.17) is 14.2 Å². The Morgan fingerprint density at radius 2 is 1.53 bits per heavy atom. The molecule has 8 nitrogen and oxygen atoms in total. The highest BCUT2D eigenvalue weighted by molar-refractivity contribution is 5.89. The molecule has 2 amide bonds. The van der Waals surface area contributed by atoms with Crippen molar-refractivity contribution in [3.8, 4) is 11.5 Å². The molecule has 0 radical (unpaired) electrons. The summed E-state index contributed by atoms with van der Waals surface area (Å²) in [4.78, 5) is 35.8. The first-order chi connectivity index (χ1) is 14.4. The standard InChI is InChI=1S/C22H26N2O6/c1-4-19(30-18-10-6-15(3)7-11-18)21(26)24-23-20(25)14-29-17-12-8-16(9-13-17)22(27)28-5-2/h6-13,19H,4-5,14H2,1-3H3,(H,23,25)(H,24,26). The molecule has 0 fully saturated rings. The summed E-state index contributed by atoms with van der Waals surface area (Å²) in [6, 6.07) is 13.5. The van der Waals surface area contributed by atoms with Crippen LogP contribution in [0.3, 0.4) is 0 Å². The number of aryl methyl sites for hydroxylation is 1. The number of carbonyl (C=O) groups is 3. The lowest BCUT2D eigenvalue weighted by atomic mass is 10.2. The van der Waals surface area contributed by atoms with Crippen LogP contribution < -0.4 is 20.3 Å². The SMILES string of the molecule is CCOC(=O)c1ccc(OCC(=O)NNC(=O)C(CC)Oc2ccc(C)cc2)cc1. The molecule has 1 atom stereocenters. The number of hydrazine groups is 1. The zero-order valence-electron chi connectivity index (χ0n) is 17.3. The summed E-state index contributed by atoms with van der Waals surface area (Å²) >= 11 is 0. The van der Waals surface area contributed by atoms with Gasteiger partial charge in [-0.1, -0.05) is 24.6 Å². The van der Waals surface area contributed by atoms with E-state index in [1.54, 1.807) is 43.3 Å². The molecule has 8 heteroatoms. The lowest BCUT2D eigenvalue weighted by Crippen LogP contribution is -2.49. The second-order valence-electron chi connectivity index (χ2n) is 6.40. The summed E-state index contributed by atoms with van der Waals surface area (Å²) in [7, 11) is 0. The van der Waals surface area contributed by atoms with Crippen LogP contribution in [0.4, 0.5) is 0 Å². The topological polar surface area (TPSA) is 103 Å². The van der Waals surface area contributed by atoms with Crippen molar-refractivity contribution in [3.63, 3.8) is 0 Å². The molecule has 2 rings (SSSR count). The van der Waals surface area contributed by atoms with Gasteiger partial charge in [-0.2, -0.15) is 0 Å². The lowest BCUT2D eigenvalue weighted by molar-refractivity contribution is -0.134. The van der Waals surface area contributed by atoms with Gasteiger partial charge in [-0.3, -0.25) is 20.4 Å². The van der Waals surface area contributed by atoms with Gasteiger partial charge in [0.15, 0.2) is 12.7 Å². The second-order valence-corrected chi connectivity index (χ2v) is 6.40. The number of amides is 2. The van der Waals surface area contributed by atoms with Crippen LogP contribution in [-0.2, 0) is 14.3 Å². The predicted molar refractivity (Wildman–Crippen MR) is 110 cm³/mol. The summed E-state index contributed by atoms with van der Waals surface area (Å²) in [6.45, 7) is 5.47. The molecule has 0 bridgehead atoms. The fourth-order valence-electron chi connectivity index (χ4n) is 2.40. The largest absolute Gasteiger partial charge is 0.484 e. The zero-order valence-corrected chi connectivity index (χ0v) is 17.3. The molecule has 30 heavy (non-hydrogen) atoms. The summed E-state index contributed by atoms with van der Waals surface area (Å²) in [5.41, 5.74) is 6.10. The molecule has 1 unspecified atom stereocenters. The molecule has 0 aliphatic heterocycles. The van der Waals surface area contributed by atoms with E-state index in [1.807, 2.05) is 26.0 Å². The smallest absolute Gasteiger partial charge is 0.338 e. The van der Waals surface area contributed by atoms with E-state index in [-0.39, 0.29) is 13.2 Å². The van der Waals surface area contributed by atoms with Crippen LogP contribution in [0.15, 0.2) is 48.5 Å². The average Bonchev–Trinajstić information content (AvgIpc) is 2.76. The highest BCUT2D eigenvalue weighted by Crippen LogP contribution is 2.15. The fraction of sp³-hybridized carbons (Fsp3) is 0.318. The van der Waals surface area contributed by atoms with Crippen molar-refractivity contribution >= 4 is 17.8 Å². The van der Waals surface area contributed by atoms with Crippen LogP contribution in [0.25, 0.3) is 0 Å². The van der Waals surface area contributed by atoms with Gasteiger partial charge < -0.3 is 14.2 Å². The van der Waals surface area contributed by atoms with E-state index < -0.39 is 23.9 Å². The summed E-state index contributed by atoms with van der Waals surface area (Å²) in [5.74, 6) is -0.460. The van der Waals surface area contributed by atoms with Gasteiger partial charge >= 0.3 is 5.97 Å². The van der Waals surface area contributed by atoms with Gasteiger partial charge in [0.2, 0.25) is 0 Å². The Balaban J connectivity index is 1.76.